The normalized spacial score (nSPS) is 16.7. The van der Waals surface area contributed by atoms with Crippen LogP contribution in [0.25, 0.3) is 0 Å². The lowest BCUT2D eigenvalue weighted by molar-refractivity contribution is -0.123. The van der Waals surface area contributed by atoms with Gasteiger partial charge >= 0.3 is 0 Å². The van der Waals surface area contributed by atoms with Gasteiger partial charge in [0.15, 0.2) is 6.61 Å². The maximum atomic E-state index is 13.3. The summed E-state index contributed by atoms with van der Waals surface area (Å²) in [6, 6.07) is 7.97. The smallest absolute Gasteiger partial charge is 0.265 e. The molecule has 0 aromatic heterocycles. The number of amides is 2. The number of hydrogen-bond donors (Lipinski definition) is 1. The molecule has 164 valence electrons. The van der Waals surface area contributed by atoms with Crippen molar-refractivity contribution in [2.24, 2.45) is 0 Å². The second-order valence-corrected chi connectivity index (χ2v) is 9.53. The molecule has 1 fully saturated rings. The average molecular weight is 468 g/mol. The summed E-state index contributed by atoms with van der Waals surface area (Å²) >= 11 is 5.73. The molecular weight excluding hydrogens is 449 g/mol. The first-order valence-electron chi connectivity index (χ1n) is 9.58. The number of anilines is 2. The second-order valence-electron chi connectivity index (χ2n) is 7.19. The van der Waals surface area contributed by atoms with Gasteiger partial charge in [0.05, 0.1) is 15.6 Å². The van der Waals surface area contributed by atoms with E-state index in [2.05, 4.69) is 5.32 Å². The molecule has 1 N–H and O–H groups in total. The average Bonchev–Trinajstić information content (AvgIpc) is 3.28. The highest BCUT2D eigenvalue weighted by Crippen LogP contribution is 2.35. The van der Waals surface area contributed by atoms with Gasteiger partial charge in [-0.3, -0.25) is 14.5 Å². The van der Waals surface area contributed by atoms with Crippen LogP contribution in [0.2, 0.25) is 5.02 Å². The van der Waals surface area contributed by atoms with Crippen LogP contribution in [0.5, 0.6) is 5.75 Å². The molecule has 31 heavy (non-hydrogen) atoms. The van der Waals surface area contributed by atoms with E-state index in [0.717, 1.165) is 18.9 Å². The van der Waals surface area contributed by atoms with Crippen molar-refractivity contribution in [3.05, 3.63) is 47.2 Å². The molecule has 0 atom stereocenters. The van der Waals surface area contributed by atoms with Gasteiger partial charge in [-0.15, -0.1) is 0 Å². The van der Waals surface area contributed by atoms with E-state index in [1.807, 2.05) is 0 Å². The fourth-order valence-electron chi connectivity index (χ4n) is 3.51. The maximum absolute atomic E-state index is 13.3. The Morgan fingerprint density at radius 2 is 1.90 bits per heavy atom. The molecule has 0 radical (unpaired) electrons. The van der Waals surface area contributed by atoms with E-state index in [0.29, 0.717) is 18.8 Å². The molecule has 0 aliphatic carbocycles. The lowest BCUT2D eigenvalue weighted by Crippen LogP contribution is -2.43. The van der Waals surface area contributed by atoms with Crippen molar-refractivity contribution in [1.82, 2.24) is 4.31 Å². The zero-order valence-electron chi connectivity index (χ0n) is 16.3. The lowest BCUT2D eigenvalue weighted by atomic mass is 10.2. The van der Waals surface area contributed by atoms with Gasteiger partial charge in [-0.1, -0.05) is 11.6 Å². The molecule has 0 spiro atoms. The fourth-order valence-corrected chi connectivity index (χ4v) is 5.23. The molecule has 0 unspecified atom stereocenters. The third kappa shape index (κ3) is 4.36. The molecule has 0 saturated carbocycles. The molecule has 0 bridgehead atoms. The van der Waals surface area contributed by atoms with Gasteiger partial charge in [-0.25, -0.2) is 12.8 Å². The van der Waals surface area contributed by atoms with E-state index in [9.17, 15) is 22.4 Å². The Bertz CT molecular complexity index is 1150. The van der Waals surface area contributed by atoms with Gasteiger partial charge in [-0.2, -0.15) is 4.31 Å². The van der Waals surface area contributed by atoms with Crippen molar-refractivity contribution in [1.29, 1.82) is 0 Å². The second kappa shape index (κ2) is 8.45. The molecule has 2 aromatic carbocycles. The van der Waals surface area contributed by atoms with Gasteiger partial charge in [0.25, 0.3) is 5.91 Å². The lowest BCUT2D eigenvalue weighted by Gasteiger charge is -2.29. The van der Waals surface area contributed by atoms with E-state index >= 15 is 0 Å². The number of ether oxygens (including phenoxy) is 1. The van der Waals surface area contributed by atoms with Crippen molar-refractivity contribution in [2.75, 3.05) is 36.5 Å². The molecule has 2 aliphatic rings. The zero-order chi connectivity index (χ0) is 22.2. The SMILES string of the molecule is O=C(CN1C(=O)COc2ccc(S(=O)(=O)N3CCCC3)cc21)Nc1ccc(F)c(Cl)c1. The summed E-state index contributed by atoms with van der Waals surface area (Å²) in [5.41, 5.74) is 0.464. The van der Waals surface area contributed by atoms with Crippen molar-refractivity contribution in [3.8, 4) is 5.75 Å². The standard InChI is InChI=1S/C20H19ClFN3O5S/c21-15-9-13(3-5-16(15)22)23-19(26)11-25-17-10-14(4-6-18(17)30-12-20(25)27)31(28,29)24-7-1-2-8-24/h3-6,9-10H,1-2,7-8,11-12H2,(H,23,26). The van der Waals surface area contributed by atoms with Crippen molar-refractivity contribution < 1.29 is 27.1 Å². The number of benzene rings is 2. The monoisotopic (exact) mass is 467 g/mol. The van der Waals surface area contributed by atoms with Crippen LogP contribution in [0.1, 0.15) is 12.8 Å². The summed E-state index contributed by atoms with van der Waals surface area (Å²) in [7, 11) is -3.71. The predicted octanol–water partition coefficient (Wildman–Crippen LogP) is 2.63. The molecule has 11 heteroatoms. The van der Waals surface area contributed by atoms with E-state index in [1.54, 1.807) is 0 Å². The number of rotatable bonds is 5. The van der Waals surface area contributed by atoms with Crippen LogP contribution in [-0.4, -0.2) is 50.8 Å². The number of carbonyl (C=O) groups excluding carboxylic acids is 2. The summed E-state index contributed by atoms with van der Waals surface area (Å²) in [6.45, 7) is 0.237. The molecule has 2 aliphatic heterocycles. The topological polar surface area (TPSA) is 96.0 Å². The Labute approximate surface area is 183 Å². The van der Waals surface area contributed by atoms with Crippen LogP contribution < -0.4 is 15.0 Å². The number of fused-ring (bicyclic) bond motifs is 1. The largest absolute Gasteiger partial charge is 0.482 e. The number of sulfonamides is 1. The quantitative estimate of drug-likeness (QED) is 0.729. The van der Waals surface area contributed by atoms with Gasteiger partial charge in [0.2, 0.25) is 15.9 Å². The highest BCUT2D eigenvalue weighted by Gasteiger charge is 2.32. The minimum Gasteiger partial charge on any atom is -0.482 e. The van der Waals surface area contributed by atoms with Gasteiger partial charge in [0.1, 0.15) is 18.1 Å². The highest BCUT2D eigenvalue weighted by molar-refractivity contribution is 7.89. The molecule has 2 heterocycles. The number of hydrogen-bond acceptors (Lipinski definition) is 5. The van der Waals surface area contributed by atoms with Crippen LogP contribution in [0, 0.1) is 5.82 Å². The number of nitrogens with one attached hydrogen (secondary N) is 1. The van der Waals surface area contributed by atoms with Gasteiger partial charge in [0, 0.05) is 18.8 Å². The van der Waals surface area contributed by atoms with Gasteiger partial charge < -0.3 is 10.1 Å². The number of nitrogens with zero attached hydrogens (tertiary/aromatic N) is 2. The van der Waals surface area contributed by atoms with Crippen LogP contribution in [0.15, 0.2) is 41.3 Å². The molecule has 1 saturated heterocycles. The van der Waals surface area contributed by atoms with Crippen molar-refractivity contribution in [3.63, 3.8) is 0 Å². The Morgan fingerprint density at radius 1 is 1.16 bits per heavy atom. The molecule has 2 aromatic rings. The fraction of sp³-hybridized carbons (Fsp3) is 0.300. The molecule has 8 nitrogen and oxygen atoms in total. The van der Waals surface area contributed by atoms with Crippen LogP contribution in [0.4, 0.5) is 15.8 Å². The summed E-state index contributed by atoms with van der Waals surface area (Å²) in [4.78, 5) is 26.2. The van der Waals surface area contributed by atoms with E-state index in [-0.39, 0.29) is 34.4 Å². The van der Waals surface area contributed by atoms with Gasteiger partial charge in [-0.05, 0) is 49.2 Å². The number of carbonyl (C=O) groups is 2. The molecule has 2 amide bonds. The predicted molar refractivity (Wildman–Crippen MR) is 112 cm³/mol. The van der Waals surface area contributed by atoms with E-state index in [4.69, 9.17) is 16.3 Å². The Hall–Kier alpha value is -2.69. The summed E-state index contributed by atoms with van der Waals surface area (Å²) in [6.07, 6.45) is 1.59. The van der Waals surface area contributed by atoms with Crippen LogP contribution in [-0.2, 0) is 19.6 Å². The summed E-state index contributed by atoms with van der Waals surface area (Å²) < 4.78 is 45.9. The third-order valence-corrected chi connectivity index (χ3v) is 7.27. The maximum Gasteiger partial charge on any atom is 0.265 e. The summed E-state index contributed by atoms with van der Waals surface area (Å²) in [5.74, 6) is -1.37. The first kappa shape index (κ1) is 21.5. The first-order valence-corrected chi connectivity index (χ1v) is 11.4. The zero-order valence-corrected chi connectivity index (χ0v) is 17.9. The van der Waals surface area contributed by atoms with Crippen molar-refractivity contribution >= 4 is 44.8 Å². The first-order chi connectivity index (χ1) is 14.8. The van der Waals surface area contributed by atoms with E-state index in [1.165, 1.54) is 39.5 Å². The third-order valence-electron chi connectivity index (χ3n) is 5.08. The molecular formula is C20H19ClFN3O5S. The van der Waals surface area contributed by atoms with Crippen molar-refractivity contribution in [2.45, 2.75) is 17.7 Å². The minimum atomic E-state index is -3.71. The van der Waals surface area contributed by atoms with E-state index < -0.39 is 27.7 Å². The highest BCUT2D eigenvalue weighted by atomic mass is 35.5. The van der Waals surface area contributed by atoms with Crippen LogP contribution in [0.3, 0.4) is 0 Å². The molecule has 4 rings (SSSR count). The Kier molecular flexibility index (Phi) is 5.87. The number of halogens is 2. The Balaban J connectivity index is 1.58. The minimum absolute atomic E-state index is 0.0298. The Morgan fingerprint density at radius 3 is 2.61 bits per heavy atom. The summed E-state index contributed by atoms with van der Waals surface area (Å²) in [5, 5.41) is 2.40. The van der Waals surface area contributed by atoms with Crippen LogP contribution >= 0.6 is 11.6 Å².